The van der Waals surface area contributed by atoms with Crippen LogP contribution in [0.2, 0.25) is 0 Å². The quantitative estimate of drug-likeness (QED) is 0.0507. The maximum atomic E-state index is 12.6. The predicted molar refractivity (Wildman–Crippen MR) is 223 cm³/mol. The third-order valence-electron chi connectivity index (χ3n) is 12.8. The van der Waals surface area contributed by atoms with Crippen LogP contribution in [0.25, 0.3) is 0 Å². The molecule has 32 nitrogen and oxygen atoms in total. The van der Waals surface area contributed by atoms with Crippen molar-refractivity contribution < 1.29 is 149 Å². The first-order chi connectivity index (χ1) is 33.9. The van der Waals surface area contributed by atoms with Crippen LogP contribution in [0.15, 0.2) is 0 Å². The number of hydrogen-bond donors (Lipinski definition) is 20. The fourth-order valence-electron chi connectivity index (χ4n) is 8.74. The minimum atomic E-state index is -2.23. The summed E-state index contributed by atoms with van der Waals surface area (Å²) < 4.78 is 57.5. The highest BCUT2D eigenvalue weighted by atomic mass is 16.8. The zero-order valence-corrected chi connectivity index (χ0v) is 38.9. The van der Waals surface area contributed by atoms with Crippen LogP contribution in [0, 0.1) is 0 Å². The van der Waals surface area contributed by atoms with Crippen molar-refractivity contribution in [3.8, 4) is 0 Å². The highest BCUT2D eigenvalue weighted by Crippen LogP contribution is 2.36. The van der Waals surface area contributed by atoms with Crippen LogP contribution in [0.4, 0.5) is 0 Å². The molecule has 0 aromatic carbocycles. The molecule has 29 atom stereocenters. The van der Waals surface area contributed by atoms with Crippen LogP contribution in [0.3, 0.4) is 0 Å². The molecule has 5 heterocycles. The van der Waals surface area contributed by atoms with Crippen LogP contribution in [0.5, 0.6) is 0 Å². The van der Waals surface area contributed by atoms with E-state index in [9.17, 15) is 102 Å². The van der Waals surface area contributed by atoms with E-state index in [1.165, 1.54) is 6.92 Å². The molecule has 0 radical (unpaired) electrons. The number of ether oxygens (including phenoxy) is 10. The summed E-state index contributed by atoms with van der Waals surface area (Å²) in [6, 6.07) is -3.35. The second-order valence-electron chi connectivity index (χ2n) is 18.0. The van der Waals surface area contributed by atoms with Crippen LogP contribution >= 0.6 is 0 Å². The Balaban J connectivity index is 1.42. The Morgan fingerprint density at radius 2 is 0.958 bits per heavy atom. The van der Waals surface area contributed by atoms with Gasteiger partial charge in [0.1, 0.15) is 134 Å². The molecular formula is C40H70N2O30. The molecule has 5 aliphatic rings. The van der Waals surface area contributed by atoms with Crippen molar-refractivity contribution in [1.82, 2.24) is 10.6 Å². The monoisotopic (exact) mass is 1060 g/mol. The second kappa shape index (κ2) is 26.7. The first-order valence-electron chi connectivity index (χ1n) is 22.9. The standard InChI is InChI=1S/C40H70N2O30/c1-10-20(51)26(57)29(60)37(64-10)72-35-34(71-39-31(62)28(59)23(54)16(6-45)66-39)24(55)17(7-46)67-40(35)70-33-18(8-47)68-36(19(25(33)56)42-12(3)49)63-9-14(50)21(52)32(13(4-43)41-11(2)48)69-38-30(61)27(58)22(53)15(5-44)65-38/h10,13-40,43-47,50-62H,4-9H2,1-3H3,(H,41,48)(H,42,49)/t10-,13-,14+,15+,16+,17+,18+,19+,20+,21-,22-,23-,24-,25+,26+,27-,28-,29-,30+,31+,32+,33+,34-,35+,36+,37-,38-,39+,40-/m0/s1. The van der Waals surface area contributed by atoms with Crippen molar-refractivity contribution in [3.63, 3.8) is 0 Å². The summed E-state index contributed by atoms with van der Waals surface area (Å²) >= 11 is 0. The van der Waals surface area contributed by atoms with E-state index in [-0.39, 0.29) is 0 Å². The van der Waals surface area contributed by atoms with Crippen molar-refractivity contribution in [2.24, 2.45) is 0 Å². The smallest absolute Gasteiger partial charge is 0.217 e. The molecule has 420 valence electrons. The number of nitrogens with one attached hydrogen (secondary N) is 2. The van der Waals surface area contributed by atoms with E-state index in [1.807, 2.05) is 0 Å². The minimum absolute atomic E-state index is 0.784. The highest BCUT2D eigenvalue weighted by Gasteiger charge is 2.57. The number of aliphatic hydroxyl groups is 18. The summed E-state index contributed by atoms with van der Waals surface area (Å²) in [6.07, 6.45) is -51.5. The molecular weight excluding hydrogens is 988 g/mol. The van der Waals surface area contributed by atoms with Crippen molar-refractivity contribution in [3.05, 3.63) is 0 Å². The fraction of sp³-hybridized carbons (Fsp3) is 0.950. The maximum Gasteiger partial charge on any atom is 0.217 e. The Kier molecular flexibility index (Phi) is 22.5. The molecule has 72 heavy (non-hydrogen) atoms. The van der Waals surface area contributed by atoms with Crippen LogP contribution in [-0.4, -0.2) is 321 Å². The predicted octanol–water partition coefficient (Wildman–Crippen LogP) is -13.1. The molecule has 0 unspecified atom stereocenters. The molecule has 0 aromatic rings. The van der Waals surface area contributed by atoms with Gasteiger partial charge in [-0.15, -0.1) is 0 Å². The SMILES string of the molecule is CC(=O)N[C@H]1[C@H](OC[C@@H](O)[C@H](O)[C@H](O[C@@H]2O[C@H](CO)[C@H](O)[C@H](O)[C@H]2O)[C@H](CO)NC(C)=O)O[C@H](CO)[C@@H](O[C@@H]2O[C@H](CO)[C@H](O)[C@H](O[C@H]3O[C@H](CO)[C@H](O)[C@H](O)[C@H]3O)[C@H]2O[C@@H]2O[C@@H](C)[C@@H](O)[C@@H](O)[C@@H]2O)[C@@H]1O. The molecule has 0 aliphatic carbocycles. The number of rotatable bonds is 21. The Morgan fingerprint density at radius 3 is 1.49 bits per heavy atom. The largest absolute Gasteiger partial charge is 0.394 e. The molecule has 5 saturated heterocycles. The third-order valence-corrected chi connectivity index (χ3v) is 12.8. The van der Waals surface area contributed by atoms with Crippen molar-refractivity contribution in [2.45, 2.75) is 199 Å². The summed E-state index contributed by atoms with van der Waals surface area (Å²) in [4.78, 5) is 24.6. The molecule has 0 spiro atoms. The molecule has 0 saturated carbocycles. The van der Waals surface area contributed by atoms with Crippen molar-refractivity contribution in [1.29, 1.82) is 0 Å². The molecule has 5 fully saturated rings. The zero-order valence-electron chi connectivity index (χ0n) is 38.9. The van der Waals surface area contributed by atoms with E-state index in [4.69, 9.17) is 47.4 Å². The zero-order chi connectivity index (χ0) is 53.6. The van der Waals surface area contributed by atoms with Crippen molar-refractivity contribution >= 4 is 11.8 Å². The Labute approximate surface area is 409 Å². The summed E-state index contributed by atoms with van der Waals surface area (Å²) in [5.41, 5.74) is 0. The van der Waals surface area contributed by atoms with Crippen LogP contribution < -0.4 is 10.6 Å². The molecule has 0 aromatic heterocycles. The van der Waals surface area contributed by atoms with Gasteiger partial charge in [0.2, 0.25) is 11.8 Å². The Hall–Kier alpha value is -2.18. The highest BCUT2D eigenvalue weighted by molar-refractivity contribution is 5.73. The third kappa shape index (κ3) is 13.7. The molecule has 0 bridgehead atoms. The lowest BCUT2D eigenvalue weighted by atomic mass is 9.94. The van der Waals surface area contributed by atoms with E-state index < -0.39 is 229 Å². The Bertz CT molecular complexity index is 1680. The average Bonchev–Trinajstić information content (AvgIpc) is 3.35. The van der Waals surface area contributed by atoms with E-state index >= 15 is 0 Å². The molecule has 5 aliphatic heterocycles. The maximum absolute atomic E-state index is 12.6. The first kappa shape index (κ1) is 60.7. The number of aliphatic hydroxyl groups excluding tert-OH is 18. The van der Waals surface area contributed by atoms with Gasteiger partial charge in [-0.1, -0.05) is 0 Å². The lowest BCUT2D eigenvalue weighted by molar-refractivity contribution is -0.402. The Morgan fingerprint density at radius 1 is 0.500 bits per heavy atom. The lowest BCUT2D eigenvalue weighted by Gasteiger charge is -2.51. The van der Waals surface area contributed by atoms with Gasteiger partial charge in [-0.05, 0) is 6.92 Å². The topological polar surface area (TPSA) is 515 Å². The van der Waals surface area contributed by atoms with Crippen LogP contribution in [-0.2, 0) is 57.0 Å². The second-order valence-corrected chi connectivity index (χ2v) is 18.0. The van der Waals surface area contributed by atoms with E-state index in [2.05, 4.69) is 10.6 Å². The van der Waals surface area contributed by atoms with E-state index in [1.54, 1.807) is 0 Å². The number of hydrogen-bond acceptors (Lipinski definition) is 30. The van der Waals surface area contributed by atoms with Gasteiger partial charge in [0.15, 0.2) is 31.5 Å². The number of carbonyl (C=O) groups excluding carboxylic acids is 2. The average molecular weight is 1060 g/mol. The summed E-state index contributed by atoms with van der Waals surface area (Å²) in [7, 11) is 0. The van der Waals surface area contributed by atoms with Gasteiger partial charge < -0.3 is 150 Å². The molecule has 20 N–H and O–H groups in total. The van der Waals surface area contributed by atoms with Gasteiger partial charge in [-0.2, -0.15) is 0 Å². The van der Waals surface area contributed by atoms with Gasteiger partial charge in [0, 0.05) is 13.8 Å². The molecule has 5 rings (SSSR count). The first-order valence-corrected chi connectivity index (χ1v) is 22.9. The lowest BCUT2D eigenvalue weighted by Crippen LogP contribution is -2.69. The van der Waals surface area contributed by atoms with Gasteiger partial charge in [0.05, 0.1) is 51.8 Å². The summed E-state index contributed by atoms with van der Waals surface area (Å²) in [6.45, 7) is -2.61. The summed E-state index contributed by atoms with van der Waals surface area (Å²) in [5, 5.41) is 196. The number of amides is 2. The minimum Gasteiger partial charge on any atom is -0.394 e. The fourth-order valence-corrected chi connectivity index (χ4v) is 8.74. The molecule has 32 heteroatoms. The van der Waals surface area contributed by atoms with Gasteiger partial charge >= 0.3 is 0 Å². The van der Waals surface area contributed by atoms with Gasteiger partial charge in [-0.25, -0.2) is 0 Å². The molecule has 2 amide bonds. The van der Waals surface area contributed by atoms with Crippen molar-refractivity contribution in [2.75, 3.05) is 39.6 Å². The van der Waals surface area contributed by atoms with Crippen LogP contribution in [0.1, 0.15) is 20.8 Å². The summed E-state index contributed by atoms with van der Waals surface area (Å²) in [5.74, 6) is -1.63. The normalized spacial score (nSPS) is 45.7. The van der Waals surface area contributed by atoms with E-state index in [0.29, 0.717) is 0 Å². The number of carbonyl (C=O) groups is 2. The van der Waals surface area contributed by atoms with E-state index in [0.717, 1.165) is 13.8 Å². The van der Waals surface area contributed by atoms with Gasteiger partial charge in [0.25, 0.3) is 0 Å². The van der Waals surface area contributed by atoms with Gasteiger partial charge in [-0.3, -0.25) is 9.59 Å².